The summed E-state index contributed by atoms with van der Waals surface area (Å²) in [7, 11) is -7.68. The lowest BCUT2D eigenvalue weighted by atomic mass is 10.1. The molecule has 0 aliphatic rings. The Kier molecular flexibility index (Phi) is 7.78. The third-order valence-electron chi connectivity index (χ3n) is 5.10. The van der Waals surface area contributed by atoms with Crippen LogP contribution < -0.4 is 14.3 Å². The molecule has 0 spiro atoms. The first-order chi connectivity index (χ1) is 16.3. The van der Waals surface area contributed by atoms with Gasteiger partial charge in [-0.3, -0.25) is 13.8 Å². The maximum Gasteiger partial charge on any atom is 0.261 e. The number of hydrogen-bond acceptors (Lipinski definition) is 5. The van der Waals surface area contributed by atoms with Crippen LogP contribution in [0.5, 0.6) is 0 Å². The molecule has 0 fully saturated rings. The minimum absolute atomic E-state index is 0.0311. The molecule has 0 bridgehead atoms. The van der Waals surface area contributed by atoms with Crippen molar-refractivity contribution >= 4 is 54.6 Å². The number of sulfonamides is 2. The largest absolute Gasteiger partial charge is 0.324 e. The number of carbonyl (C=O) groups is 1. The van der Waals surface area contributed by atoms with E-state index in [0.717, 1.165) is 21.7 Å². The van der Waals surface area contributed by atoms with E-state index in [0.29, 0.717) is 11.4 Å². The second kappa shape index (κ2) is 10.3. The maximum absolute atomic E-state index is 12.9. The van der Waals surface area contributed by atoms with E-state index in [-0.39, 0.29) is 15.6 Å². The van der Waals surface area contributed by atoms with Crippen LogP contribution >= 0.6 is 11.6 Å². The molecule has 3 rings (SSSR count). The van der Waals surface area contributed by atoms with Crippen LogP contribution in [0.4, 0.5) is 17.1 Å². The third-order valence-corrected chi connectivity index (χ3v) is 8.05. The lowest BCUT2D eigenvalue weighted by Crippen LogP contribution is -2.45. The van der Waals surface area contributed by atoms with Crippen molar-refractivity contribution < 1.29 is 21.6 Å². The van der Waals surface area contributed by atoms with Gasteiger partial charge in [0, 0.05) is 5.69 Å². The van der Waals surface area contributed by atoms with Crippen molar-refractivity contribution in [3.63, 3.8) is 0 Å². The van der Waals surface area contributed by atoms with Crippen LogP contribution in [0.15, 0.2) is 71.6 Å². The summed E-state index contributed by atoms with van der Waals surface area (Å²) < 4.78 is 53.9. The van der Waals surface area contributed by atoms with Crippen LogP contribution in [-0.2, 0) is 24.8 Å². The van der Waals surface area contributed by atoms with Crippen LogP contribution in [0.3, 0.4) is 0 Å². The Bertz CT molecular complexity index is 1440. The molecule has 1 amide bonds. The highest BCUT2D eigenvalue weighted by molar-refractivity contribution is 7.92. The lowest BCUT2D eigenvalue weighted by Gasteiger charge is -2.28. The number of benzene rings is 3. The highest BCUT2D eigenvalue weighted by Gasteiger charge is 2.29. The molecular weight excluding hydrogens is 510 g/mol. The zero-order valence-corrected chi connectivity index (χ0v) is 22.0. The average molecular weight is 536 g/mol. The van der Waals surface area contributed by atoms with Crippen molar-refractivity contribution in [1.29, 1.82) is 0 Å². The van der Waals surface area contributed by atoms with Gasteiger partial charge in [0.2, 0.25) is 15.9 Å². The number of nitrogens with one attached hydrogen (secondary N) is 2. The summed E-state index contributed by atoms with van der Waals surface area (Å²) in [6.45, 7) is 5.18. The van der Waals surface area contributed by atoms with Gasteiger partial charge in [0.15, 0.2) is 0 Å². The van der Waals surface area contributed by atoms with Crippen molar-refractivity contribution in [1.82, 2.24) is 0 Å². The summed E-state index contributed by atoms with van der Waals surface area (Å²) in [6, 6.07) is 16.2. The van der Waals surface area contributed by atoms with Crippen LogP contribution in [0.25, 0.3) is 0 Å². The number of para-hydroxylation sites is 1. The van der Waals surface area contributed by atoms with Gasteiger partial charge in [0.1, 0.15) is 6.04 Å². The number of hydrogen-bond donors (Lipinski definition) is 2. The Morgan fingerprint density at radius 2 is 1.49 bits per heavy atom. The number of nitrogens with zero attached hydrogens (tertiary/aromatic N) is 1. The first-order valence-electron chi connectivity index (χ1n) is 10.5. The Labute approximate surface area is 211 Å². The van der Waals surface area contributed by atoms with E-state index in [4.69, 9.17) is 11.6 Å². The summed E-state index contributed by atoms with van der Waals surface area (Å²) in [6.07, 6.45) is 1.04. The second-order valence-corrected chi connectivity index (χ2v) is 12.1. The van der Waals surface area contributed by atoms with Gasteiger partial charge in [-0.05, 0) is 80.4 Å². The molecule has 0 aliphatic heterocycles. The summed E-state index contributed by atoms with van der Waals surface area (Å²) in [5.74, 6) is -0.570. The predicted molar refractivity (Wildman–Crippen MR) is 140 cm³/mol. The van der Waals surface area contributed by atoms with Gasteiger partial charge in [-0.1, -0.05) is 29.8 Å². The first kappa shape index (κ1) is 26.5. The number of rotatable bonds is 8. The summed E-state index contributed by atoms with van der Waals surface area (Å²) in [5.41, 5.74) is 2.67. The molecule has 3 aromatic carbocycles. The molecule has 0 aromatic heterocycles. The smallest absolute Gasteiger partial charge is 0.261 e. The van der Waals surface area contributed by atoms with E-state index in [1.54, 1.807) is 36.4 Å². The zero-order chi connectivity index (χ0) is 26.0. The van der Waals surface area contributed by atoms with E-state index in [1.807, 2.05) is 19.9 Å². The van der Waals surface area contributed by atoms with E-state index >= 15 is 0 Å². The Morgan fingerprint density at radius 1 is 0.914 bits per heavy atom. The Morgan fingerprint density at radius 3 is 2.03 bits per heavy atom. The topological polar surface area (TPSA) is 113 Å². The van der Waals surface area contributed by atoms with Crippen molar-refractivity contribution in [3.8, 4) is 0 Å². The summed E-state index contributed by atoms with van der Waals surface area (Å²) >= 11 is 6.03. The number of carbonyl (C=O) groups excluding carboxylic acids is 1. The monoisotopic (exact) mass is 535 g/mol. The number of anilines is 3. The quantitative estimate of drug-likeness (QED) is 0.439. The van der Waals surface area contributed by atoms with Crippen LogP contribution in [0.1, 0.15) is 18.1 Å². The maximum atomic E-state index is 12.9. The fourth-order valence-corrected chi connectivity index (χ4v) is 6.08. The minimum Gasteiger partial charge on any atom is -0.324 e. The van der Waals surface area contributed by atoms with Crippen molar-refractivity contribution in [3.05, 3.63) is 82.9 Å². The molecule has 2 N–H and O–H groups in total. The van der Waals surface area contributed by atoms with E-state index in [1.165, 1.54) is 31.2 Å². The van der Waals surface area contributed by atoms with Gasteiger partial charge in [0.05, 0.1) is 27.5 Å². The molecule has 0 radical (unpaired) electrons. The average Bonchev–Trinajstić information content (AvgIpc) is 2.74. The van der Waals surface area contributed by atoms with Gasteiger partial charge in [-0.15, -0.1) is 0 Å². The molecule has 0 heterocycles. The highest BCUT2D eigenvalue weighted by Crippen LogP contribution is 2.26. The third kappa shape index (κ3) is 6.53. The van der Waals surface area contributed by atoms with Crippen LogP contribution in [0, 0.1) is 13.8 Å². The van der Waals surface area contributed by atoms with E-state index in [2.05, 4.69) is 10.0 Å². The Balaban J connectivity index is 1.79. The summed E-state index contributed by atoms with van der Waals surface area (Å²) in [4.78, 5) is 12.9. The van der Waals surface area contributed by atoms with Gasteiger partial charge in [0.25, 0.3) is 10.0 Å². The first-order valence-corrected chi connectivity index (χ1v) is 14.2. The normalized spacial score (nSPS) is 12.6. The SMILES string of the molecule is Cc1cc(C)cc(N([C@H](C)C(=O)Nc2ccc(S(=O)(=O)Nc3ccccc3Cl)cc2)S(C)(=O)=O)c1. The minimum atomic E-state index is -3.91. The predicted octanol–water partition coefficient (Wildman–Crippen LogP) is 4.55. The molecule has 0 unspecified atom stereocenters. The highest BCUT2D eigenvalue weighted by atomic mass is 35.5. The number of amides is 1. The van der Waals surface area contributed by atoms with Crippen LogP contribution in [0.2, 0.25) is 5.02 Å². The van der Waals surface area contributed by atoms with Crippen molar-refractivity contribution in [2.24, 2.45) is 0 Å². The van der Waals surface area contributed by atoms with Crippen LogP contribution in [-0.4, -0.2) is 35.0 Å². The number of aryl methyl sites for hydroxylation is 2. The van der Waals surface area contributed by atoms with Crippen molar-refractivity contribution in [2.75, 3.05) is 20.6 Å². The standard InChI is InChI=1S/C24H26ClN3O5S2/c1-16-13-17(2)15-20(14-16)28(34(4,30)31)18(3)24(29)26-19-9-11-21(12-10-19)35(32,33)27-23-8-6-5-7-22(23)25/h5-15,18,27H,1-4H3,(H,26,29)/t18-/m1/s1. The molecule has 11 heteroatoms. The fraction of sp³-hybridized carbons (Fsp3) is 0.208. The van der Waals surface area contributed by atoms with Gasteiger partial charge in [-0.25, -0.2) is 16.8 Å². The molecule has 0 saturated heterocycles. The molecule has 1 atom stereocenters. The Hall–Kier alpha value is -3.08. The fourth-order valence-electron chi connectivity index (χ4n) is 3.60. The molecule has 0 saturated carbocycles. The molecule has 0 aliphatic carbocycles. The van der Waals surface area contributed by atoms with E-state index in [9.17, 15) is 21.6 Å². The molecule has 8 nitrogen and oxygen atoms in total. The second-order valence-electron chi connectivity index (χ2n) is 8.18. The van der Waals surface area contributed by atoms with E-state index < -0.39 is 32.0 Å². The summed E-state index contributed by atoms with van der Waals surface area (Å²) in [5, 5.41) is 2.91. The zero-order valence-electron chi connectivity index (χ0n) is 19.6. The molecule has 35 heavy (non-hydrogen) atoms. The van der Waals surface area contributed by atoms with Crippen molar-refractivity contribution in [2.45, 2.75) is 31.7 Å². The molecular formula is C24H26ClN3O5S2. The lowest BCUT2D eigenvalue weighted by molar-refractivity contribution is -0.116. The van der Waals surface area contributed by atoms with Gasteiger partial charge < -0.3 is 5.32 Å². The van der Waals surface area contributed by atoms with Gasteiger partial charge in [-0.2, -0.15) is 0 Å². The van der Waals surface area contributed by atoms with Gasteiger partial charge >= 0.3 is 0 Å². The molecule has 3 aromatic rings. The molecule has 186 valence electrons. The number of halogens is 1.